The number of hydrogen-bond donors (Lipinski definition) is 0. The summed E-state index contributed by atoms with van der Waals surface area (Å²) in [6.45, 7) is 9.39. The topological polar surface area (TPSA) is 30.3 Å². The van der Waals surface area contributed by atoms with Crippen LogP contribution in [0.5, 0.6) is 0 Å². The van der Waals surface area contributed by atoms with Gasteiger partial charge in [0.05, 0.1) is 12.6 Å². The molecule has 0 radical (unpaired) electrons. The van der Waals surface area contributed by atoms with E-state index < -0.39 is 0 Å². The lowest BCUT2D eigenvalue weighted by Crippen LogP contribution is -2.59. The maximum Gasteiger partial charge on any atom is 0.0867 e. The van der Waals surface area contributed by atoms with Gasteiger partial charge in [-0.2, -0.15) is 5.26 Å². The van der Waals surface area contributed by atoms with E-state index in [0.717, 1.165) is 26.2 Å². The molecule has 1 saturated heterocycles. The molecule has 1 heterocycles. The summed E-state index contributed by atoms with van der Waals surface area (Å²) in [6.07, 6.45) is 0. The Morgan fingerprint density at radius 3 is 2.42 bits per heavy atom. The molecular weight excluding hydrogens is 150 g/mol. The Kier molecular flexibility index (Phi) is 3.51. The molecule has 0 bridgehead atoms. The summed E-state index contributed by atoms with van der Waals surface area (Å²) >= 11 is 0. The molecule has 0 atom stereocenters. The van der Waals surface area contributed by atoms with Crippen LogP contribution in [0.2, 0.25) is 0 Å². The van der Waals surface area contributed by atoms with Crippen molar-refractivity contribution in [3.63, 3.8) is 0 Å². The first-order chi connectivity index (χ1) is 5.81. The van der Waals surface area contributed by atoms with E-state index in [1.54, 1.807) is 0 Å². The molecule has 1 aliphatic heterocycles. The first kappa shape index (κ1) is 9.50. The van der Waals surface area contributed by atoms with Crippen LogP contribution in [-0.4, -0.2) is 48.6 Å². The molecule has 0 aromatic rings. The van der Waals surface area contributed by atoms with E-state index in [9.17, 15) is 0 Å². The van der Waals surface area contributed by atoms with Crippen molar-refractivity contribution in [3.8, 4) is 6.07 Å². The summed E-state index contributed by atoms with van der Waals surface area (Å²) in [5, 5.41) is 8.44. The van der Waals surface area contributed by atoms with Gasteiger partial charge in [0.15, 0.2) is 0 Å². The van der Waals surface area contributed by atoms with Crippen LogP contribution in [-0.2, 0) is 0 Å². The SMILES string of the molecule is CCN(CC)C1CN(CC#N)C1. The number of likely N-dealkylation sites (N-methyl/N-ethyl adjacent to an activating group) is 1. The average molecular weight is 167 g/mol. The smallest absolute Gasteiger partial charge is 0.0867 e. The molecule has 0 aliphatic carbocycles. The van der Waals surface area contributed by atoms with E-state index in [4.69, 9.17) is 5.26 Å². The van der Waals surface area contributed by atoms with Crippen molar-refractivity contribution in [1.82, 2.24) is 9.80 Å². The van der Waals surface area contributed by atoms with Crippen molar-refractivity contribution in [2.45, 2.75) is 19.9 Å². The number of likely N-dealkylation sites (tertiary alicyclic amines) is 1. The molecule has 0 N–H and O–H groups in total. The Morgan fingerprint density at radius 2 is 2.00 bits per heavy atom. The molecule has 0 saturated carbocycles. The molecule has 1 aliphatic rings. The molecule has 68 valence electrons. The Bertz CT molecular complexity index is 163. The zero-order valence-electron chi connectivity index (χ0n) is 7.95. The quantitative estimate of drug-likeness (QED) is 0.572. The summed E-state index contributed by atoms with van der Waals surface area (Å²) < 4.78 is 0. The van der Waals surface area contributed by atoms with Gasteiger partial charge in [-0.25, -0.2) is 0 Å². The molecule has 3 heteroatoms. The summed E-state index contributed by atoms with van der Waals surface area (Å²) in [5.74, 6) is 0. The predicted octanol–water partition coefficient (Wildman–Crippen LogP) is 0.536. The van der Waals surface area contributed by atoms with Gasteiger partial charge >= 0.3 is 0 Å². The van der Waals surface area contributed by atoms with Crippen LogP contribution in [0.3, 0.4) is 0 Å². The van der Waals surface area contributed by atoms with Gasteiger partial charge in [0.25, 0.3) is 0 Å². The van der Waals surface area contributed by atoms with E-state index >= 15 is 0 Å². The second-order valence-electron chi connectivity index (χ2n) is 3.23. The van der Waals surface area contributed by atoms with Gasteiger partial charge in [0.2, 0.25) is 0 Å². The number of nitriles is 1. The van der Waals surface area contributed by atoms with E-state index in [2.05, 4.69) is 29.7 Å². The van der Waals surface area contributed by atoms with Crippen LogP contribution in [0.1, 0.15) is 13.8 Å². The maximum atomic E-state index is 8.44. The van der Waals surface area contributed by atoms with Gasteiger partial charge in [-0.05, 0) is 13.1 Å². The molecule has 1 rings (SSSR count). The summed E-state index contributed by atoms with van der Waals surface area (Å²) in [6, 6.07) is 2.87. The third-order valence-electron chi connectivity index (χ3n) is 2.56. The third-order valence-corrected chi connectivity index (χ3v) is 2.56. The van der Waals surface area contributed by atoms with Gasteiger partial charge in [-0.1, -0.05) is 13.8 Å². The second-order valence-corrected chi connectivity index (χ2v) is 3.23. The number of hydrogen-bond acceptors (Lipinski definition) is 3. The highest BCUT2D eigenvalue weighted by Gasteiger charge is 2.29. The lowest BCUT2D eigenvalue weighted by Gasteiger charge is -2.43. The fraction of sp³-hybridized carbons (Fsp3) is 0.889. The normalized spacial score (nSPS) is 19.2. The highest BCUT2D eigenvalue weighted by Crippen LogP contribution is 2.13. The minimum absolute atomic E-state index is 0.595. The molecule has 0 aromatic carbocycles. The van der Waals surface area contributed by atoms with Crippen molar-refractivity contribution in [2.24, 2.45) is 0 Å². The van der Waals surface area contributed by atoms with Crippen LogP contribution in [0.25, 0.3) is 0 Å². The fourth-order valence-corrected chi connectivity index (χ4v) is 1.74. The third kappa shape index (κ3) is 1.96. The number of rotatable bonds is 4. The average Bonchev–Trinajstić information content (AvgIpc) is 2.02. The van der Waals surface area contributed by atoms with Crippen LogP contribution >= 0.6 is 0 Å². The molecule has 0 amide bonds. The minimum Gasteiger partial charge on any atom is -0.298 e. The maximum absolute atomic E-state index is 8.44. The Balaban J connectivity index is 2.20. The van der Waals surface area contributed by atoms with Gasteiger partial charge in [0.1, 0.15) is 0 Å². The standard InChI is InChI=1S/C9H17N3/c1-3-12(4-2)9-7-11(8-9)6-5-10/h9H,3-4,6-8H2,1-2H3. The largest absolute Gasteiger partial charge is 0.298 e. The van der Waals surface area contributed by atoms with Crippen molar-refractivity contribution in [2.75, 3.05) is 32.7 Å². The van der Waals surface area contributed by atoms with Gasteiger partial charge in [-0.15, -0.1) is 0 Å². The Labute approximate surface area is 74.6 Å². The molecule has 3 nitrogen and oxygen atoms in total. The second kappa shape index (κ2) is 4.44. The molecule has 12 heavy (non-hydrogen) atoms. The Morgan fingerprint density at radius 1 is 1.42 bits per heavy atom. The first-order valence-electron chi connectivity index (χ1n) is 4.65. The van der Waals surface area contributed by atoms with Crippen LogP contribution in [0.15, 0.2) is 0 Å². The number of nitrogens with zero attached hydrogens (tertiary/aromatic N) is 3. The first-order valence-corrected chi connectivity index (χ1v) is 4.65. The molecule has 1 fully saturated rings. The van der Waals surface area contributed by atoms with Gasteiger partial charge in [0, 0.05) is 19.1 Å². The molecular formula is C9H17N3. The molecule has 0 aromatic heterocycles. The zero-order valence-corrected chi connectivity index (χ0v) is 7.95. The van der Waals surface area contributed by atoms with Crippen LogP contribution in [0, 0.1) is 11.3 Å². The molecule has 0 spiro atoms. The summed E-state index contributed by atoms with van der Waals surface area (Å²) in [4.78, 5) is 4.64. The van der Waals surface area contributed by atoms with Crippen LogP contribution in [0.4, 0.5) is 0 Å². The molecule has 0 unspecified atom stereocenters. The predicted molar refractivity (Wildman–Crippen MR) is 48.8 cm³/mol. The highest BCUT2D eigenvalue weighted by atomic mass is 15.3. The van der Waals surface area contributed by atoms with E-state index in [0.29, 0.717) is 12.6 Å². The van der Waals surface area contributed by atoms with Gasteiger partial charge < -0.3 is 0 Å². The van der Waals surface area contributed by atoms with E-state index in [1.165, 1.54) is 0 Å². The van der Waals surface area contributed by atoms with E-state index in [1.807, 2.05) is 0 Å². The van der Waals surface area contributed by atoms with Crippen molar-refractivity contribution >= 4 is 0 Å². The zero-order chi connectivity index (χ0) is 8.97. The minimum atomic E-state index is 0.595. The fourth-order valence-electron chi connectivity index (χ4n) is 1.74. The summed E-state index contributed by atoms with van der Waals surface area (Å²) in [7, 11) is 0. The van der Waals surface area contributed by atoms with Gasteiger partial charge in [-0.3, -0.25) is 9.80 Å². The summed E-state index contributed by atoms with van der Waals surface area (Å²) in [5.41, 5.74) is 0. The monoisotopic (exact) mass is 167 g/mol. The lowest BCUT2D eigenvalue weighted by molar-refractivity contribution is 0.0499. The van der Waals surface area contributed by atoms with Crippen molar-refractivity contribution < 1.29 is 0 Å². The lowest BCUT2D eigenvalue weighted by atomic mass is 10.1. The van der Waals surface area contributed by atoms with Crippen molar-refractivity contribution in [1.29, 1.82) is 5.26 Å². The Hall–Kier alpha value is -0.590. The van der Waals surface area contributed by atoms with E-state index in [-0.39, 0.29) is 0 Å². The highest BCUT2D eigenvalue weighted by molar-refractivity contribution is 4.91. The van der Waals surface area contributed by atoms with Crippen LogP contribution < -0.4 is 0 Å². The van der Waals surface area contributed by atoms with Crippen molar-refractivity contribution in [3.05, 3.63) is 0 Å².